The van der Waals surface area contributed by atoms with E-state index in [1.807, 2.05) is 0 Å². The van der Waals surface area contributed by atoms with Crippen LogP contribution in [0, 0.1) is 5.92 Å². The first-order chi connectivity index (χ1) is 9.10. The fourth-order valence-corrected chi connectivity index (χ4v) is 2.51. The van der Waals surface area contributed by atoms with Gasteiger partial charge in [0.25, 0.3) is 0 Å². The maximum atomic E-state index is 4.76. The Morgan fingerprint density at radius 1 is 1.32 bits per heavy atom. The van der Waals surface area contributed by atoms with Crippen LogP contribution in [0.2, 0.25) is 0 Å². The molecular weight excluding hydrogens is 238 g/mol. The summed E-state index contributed by atoms with van der Waals surface area (Å²) in [6, 6.07) is 1.16. The predicted octanol–water partition coefficient (Wildman–Crippen LogP) is 0.196. The Hall–Kier alpha value is -0.810. The van der Waals surface area contributed by atoms with Crippen LogP contribution in [-0.2, 0) is 0 Å². The summed E-state index contributed by atoms with van der Waals surface area (Å²) in [7, 11) is 4.40. The molecule has 2 N–H and O–H groups in total. The molecule has 0 aromatic heterocycles. The van der Waals surface area contributed by atoms with Crippen LogP contribution in [0.1, 0.15) is 20.3 Å². The zero-order valence-electron chi connectivity index (χ0n) is 12.8. The highest BCUT2D eigenvalue weighted by Gasteiger charge is 2.33. The molecule has 2 fully saturated rings. The lowest BCUT2D eigenvalue weighted by Crippen LogP contribution is -2.51. The first kappa shape index (κ1) is 14.6. The number of aliphatic imine (C=N–C) groups is 1. The largest absolute Gasteiger partial charge is 0.357 e. The molecule has 0 spiro atoms. The van der Waals surface area contributed by atoms with Crippen molar-refractivity contribution in [2.24, 2.45) is 10.9 Å². The number of guanidine groups is 1. The van der Waals surface area contributed by atoms with E-state index in [4.69, 9.17) is 4.99 Å². The molecule has 2 rings (SSSR count). The fourth-order valence-electron chi connectivity index (χ4n) is 2.51. The molecular formula is C14H29N5. The second kappa shape index (κ2) is 6.57. The predicted molar refractivity (Wildman–Crippen MR) is 80.6 cm³/mol. The Morgan fingerprint density at radius 2 is 2.05 bits per heavy atom. The van der Waals surface area contributed by atoms with Crippen LogP contribution in [0.3, 0.4) is 0 Å². The smallest absolute Gasteiger partial charge is 0.191 e. The van der Waals surface area contributed by atoms with E-state index in [1.54, 1.807) is 0 Å². The highest BCUT2D eigenvalue weighted by Crippen LogP contribution is 2.28. The van der Waals surface area contributed by atoms with E-state index in [0.29, 0.717) is 12.1 Å². The summed E-state index contributed by atoms with van der Waals surface area (Å²) in [5, 5.41) is 6.86. The molecule has 0 radical (unpaired) electrons. The number of rotatable bonds is 4. The Balaban J connectivity index is 1.85. The molecule has 0 aromatic carbocycles. The van der Waals surface area contributed by atoms with Crippen molar-refractivity contribution in [1.29, 1.82) is 0 Å². The molecule has 1 saturated carbocycles. The SMILES string of the molecule is CCNC(=NCC1CN(C)CCN1C)NC1CC1C. The van der Waals surface area contributed by atoms with E-state index in [0.717, 1.165) is 44.6 Å². The molecule has 3 unspecified atom stereocenters. The van der Waals surface area contributed by atoms with Crippen molar-refractivity contribution < 1.29 is 0 Å². The van der Waals surface area contributed by atoms with E-state index in [-0.39, 0.29) is 0 Å². The van der Waals surface area contributed by atoms with Crippen molar-refractivity contribution in [3.8, 4) is 0 Å². The topological polar surface area (TPSA) is 42.9 Å². The van der Waals surface area contributed by atoms with Crippen LogP contribution in [0.15, 0.2) is 4.99 Å². The summed E-state index contributed by atoms with van der Waals surface area (Å²) in [5.74, 6) is 1.78. The third-order valence-corrected chi connectivity index (χ3v) is 4.22. The molecule has 19 heavy (non-hydrogen) atoms. The Labute approximate surface area is 117 Å². The molecule has 2 aliphatic rings. The second-order valence-electron chi connectivity index (χ2n) is 6.08. The number of piperazine rings is 1. The summed E-state index contributed by atoms with van der Waals surface area (Å²) in [5.41, 5.74) is 0. The van der Waals surface area contributed by atoms with Crippen molar-refractivity contribution in [3.05, 3.63) is 0 Å². The summed E-state index contributed by atoms with van der Waals surface area (Å²) in [4.78, 5) is 9.58. The summed E-state index contributed by atoms with van der Waals surface area (Å²) >= 11 is 0. The molecule has 1 saturated heterocycles. The van der Waals surface area contributed by atoms with Crippen LogP contribution >= 0.6 is 0 Å². The van der Waals surface area contributed by atoms with Gasteiger partial charge in [-0.1, -0.05) is 6.92 Å². The number of nitrogens with zero attached hydrogens (tertiary/aromatic N) is 3. The average molecular weight is 267 g/mol. The average Bonchev–Trinajstić information content (AvgIpc) is 3.06. The first-order valence-electron chi connectivity index (χ1n) is 7.53. The molecule has 0 aromatic rings. The minimum Gasteiger partial charge on any atom is -0.357 e. The zero-order chi connectivity index (χ0) is 13.8. The molecule has 0 amide bonds. The van der Waals surface area contributed by atoms with Crippen LogP contribution < -0.4 is 10.6 Å². The van der Waals surface area contributed by atoms with Gasteiger partial charge in [-0.15, -0.1) is 0 Å². The molecule has 1 aliphatic carbocycles. The second-order valence-corrected chi connectivity index (χ2v) is 6.08. The number of hydrogen-bond donors (Lipinski definition) is 2. The Bertz CT molecular complexity index is 317. The van der Waals surface area contributed by atoms with E-state index < -0.39 is 0 Å². The summed E-state index contributed by atoms with van der Waals surface area (Å²) in [6.07, 6.45) is 1.27. The third-order valence-electron chi connectivity index (χ3n) is 4.22. The molecule has 1 aliphatic heterocycles. The molecule has 0 bridgehead atoms. The number of nitrogens with one attached hydrogen (secondary N) is 2. The van der Waals surface area contributed by atoms with E-state index >= 15 is 0 Å². The van der Waals surface area contributed by atoms with Crippen molar-refractivity contribution in [3.63, 3.8) is 0 Å². The van der Waals surface area contributed by atoms with E-state index in [9.17, 15) is 0 Å². The lowest BCUT2D eigenvalue weighted by molar-refractivity contribution is 0.119. The van der Waals surface area contributed by atoms with Crippen LogP contribution in [0.4, 0.5) is 0 Å². The van der Waals surface area contributed by atoms with E-state index in [2.05, 4.69) is 48.4 Å². The minimum atomic E-state index is 0.533. The molecule has 3 atom stereocenters. The van der Waals surface area contributed by atoms with Crippen LogP contribution in [0.5, 0.6) is 0 Å². The fraction of sp³-hybridized carbons (Fsp3) is 0.929. The number of likely N-dealkylation sites (N-methyl/N-ethyl adjacent to an activating group) is 2. The normalized spacial score (nSPS) is 33.3. The summed E-state index contributed by atoms with van der Waals surface area (Å²) in [6.45, 7) is 9.61. The van der Waals surface area contributed by atoms with Gasteiger partial charge in [-0.3, -0.25) is 9.89 Å². The molecule has 5 nitrogen and oxygen atoms in total. The first-order valence-corrected chi connectivity index (χ1v) is 7.53. The third kappa shape index (κ3) is 4.35. The van der Waals surface area contributed by atoms with Crippen molar-refractivity contribution in [2.45, 2.75) is 32.4 Å². The zero-order valence-corrected chi connectivity index (χ0v) is 12.8. The van der Waals surface area contributed by atoms with Gasteiger partial charge in [0.1, 0.15) is 0 Å². The standard InChI is InChI=1S/C14H29N5/c1-5-15-14(17-13-8-11(13)2)16-9-12-10-18(3)6-7-19(12)4/h11-13H,5-10H2,1-4H3,(H2,15,16,17). The van der Waals surface area contributed by atoms with Gasteiger partial charge in [-0.05, 0) is 33.4 Å². The monoisotopic (exact) mass is 267 g/mol. The highest BCUT2D eigenvalue weighted by atomic mass is 15.3. The molecule has 110 valence electrons. The molecule has 5 heteroatoms. The van der Waals surface area contributed by atoms with Crippen LogP contribution in [0.25, 0.3) is 0 Å². The Morgan fingerprint density at radius 3 is 2.68 bits per heavy atom. The van der Waals surface area contributed by atoms with Gasteiger partial charge >= 0.3 is 0 Å². The van der Waals surface area contributed by atoms with Crippen molar-refractivity contribution in [1.82, 2.24) is 20.4 Å². The van der Waals surface area contributed by atoms with Gasteiger partial charge in [0.05, 0.1) is 6.54 Å². The maximum absolute atomic E-state index is 4.76. The van der Waals surface area contributed by atoms with Gasteiger partial charge < -0.3 is 15.5 Å². The minimum absolute atomic E-state index is 0.533. The summed E-state index contributed by atoms with van der Waals surface area (Å²) < 4.78 is 0. The van der Waals surface area contributed by atoms with Gasteiger partial charge in [0, 0.05) is 38.3 Å². The lowest BCUT2D eigenvalue weighted by Gasteiger charge is -2.36. The van der Waals surface area contributed by atoms with Crippen molar-refractivity contribution in [2.75, 3.05) is 46.8 Å². The highest BCUT2D eigenvalue weighted by molar-refractivity contribution is 5.80. The van der Waals surface area contributed by atoms with Gasteiger partial charge in [-0.2, -0.15) is 0 Å². The van der Waals surface area contributed by atoms with Gasteiger partial charge in [0.2, 0.25) is 0 Å². The molecule has 1 heterocycles. The Kier molecular flexibility index (Phi) is 5.05. The van der Waals surface area contributed by atoms with Crippen LogP contribution in [-0.4, -0.2) is 74.7 Å². The quantitative estimate of drug-likeness (QED) is 0.564. The maximum Gasteiger partial charge on any atom is 0.191 e. The van der Waals surface area contributed by atoms with Crippen molar-refractivity contribution >= 4 is 5.96 Å². The van der Waals surface area contributed by atoms with Gasteiger partial charge in [-0.25, -0.2) is 0 Å². The lowest BCUT2D eigenvalue weighted by atomic mass is 10.2. The van der Waals surface area contributed by atoms with Gasteiger partial charge in [0.15, 0.2) is 5.96 Å². The van der Waals surface area contributed by atoms with E-state index in [1.165, 1.54) is 6.42 Å². The number of hydrogen-bond acceptors (Lipinski definition) is 3.